The van der Waals surface area contributed by atoms with E-state index in [2.05, 4.69) is 4.98 Å². The molecule has 21 heavy (non-hydrogen) atoms. The van der Waals surface area contributed by atoms with Crippen LogP contribution >= 0.6 is 0 Å². The highest BCUT2D eigenvalue weighted by Gasteiger charge is 2.34. The molecule has 2 heterocycles. The summed E-state index contributed by atoms with van der Waals surface area (Å²) < 4.78 is 43.3. The van der Waals surface area contributed by atoms with Crippen LogP contribution in [0.5, 0.6) is 0 Å². The lowest BCUT2D eigenvalue weighted by molar-refractivity contribution is -0.141. The van der Waals surface area contributed by atoms with Crippen LogP contribution in [0.25, 0.3) is 0 Å². The van der Waals surface area contributed by atoms with E-state index in [-0.39, 0.29) is 29.4 Å². The third-order valence-electron chi connectivity index (χ3n) is 3.31. The summed E-state index contributed by atoms with van der Waals surface area (Å²) in [6, 6.07) is 2.03. The molecule has 2 rings (SSSR count). The minimum atomic E-state index is -4.51. The number of aryl methyl sites for hydroxylation is 1. The van der Waals surface area contributed by atoms with Crippen molar-refractivity contribution in [2.45, 2.75) is 39.2 Å². The summed E-state index contributed by atoms with van der Waals surface area (Å²) in [5.41, 5.74) is -0.703. The minimum Gasteiger partial charge on any atom is -0.372 e. The molecule has 1 fully saturated rings. The number of halogens is 3. The number of ether oxygens (including phenoxy) is 1. The smallest absolute Gasteiger partial charge is 0.372 e. The molecule has 0 spiro atoms. The summed E-state index contributed by atoms with van der Waals surface area (Å²) in [5.74, 6) is -0.310. The number of hydrogen-bond donors (Lipinski definition) is 0. The van der Waals surface area contributed by atoms with Crippen LogP contribution in [-0.4, -0.2) is 41.1 Å². The van der Waals surface area contributed by atoms with Gasteiger partial charge in [-0.25, -0.2) is 4.98 Å². The molecule has 1 aliphatic rings. The maximum atomic E-state index is 12.6. The van der Waals surface area contributed by atoms with Crippen LogP contribution in [0, 0.1) is 6.92 Å². The van der Waals surface area contributed by atoms with Crippen molar-refractivity contribution < 1.29 is 22.7 Å². The number of carbonyl (C=O) groups is 1. The molecule has 7 heteroatoms. The Kier molecular flexibility index (Phi) is 4.22. The second-order valence-electron chi connectivity index (χ2n) is 5.29. The van der Waals surface area contributed by atoms with E-state index in [9.17, 15) is 18.0 Å². The summed E-state index contributed by atoms with van der Waals surface area (Å²) in [7, 11) is 0. The Morgan fingerprint density at radius 3 is 2.33 bits per heavy atom. The van der Waals surface area contributed by atoms with Gasteiger partial charge in [-0.05, 0) is 32.9 Å². The normalized spacial score (nSPS) is 23.2. The Bertz CT molecular complexity index is 536. The molecule has 1 aliphatic heterocycles. The van der Waals surface area contributed by atoms with E-state index in [4.69, 9.17) is 4.74 Å². The van der Waals surface area contributed by atoms with Crippen LogP contribution in [0.2, 0.25) is 0 Å². The van der Waals surface area contributed by atoms with Crippen molar-refractivity contribution in [1.82, 2.24) is 9.88 Å². The predicted molar refractivity (Wildman–Crippen MR) is 69.9 cm³/mol. The van der Waals surface area contributed by atoms with Crippen LogP contribution in [0.3, 0.4) is 0 Å². The SMILES string of the molecule is Cc1nc(C(F)(F)F)ccc1C(=O)N1C[C@H](C)O[C@@H](C)C1. The molecule has 2 atom stereocenters. The van der Waals surface area contributed by atoms with Crippen LogP contribution in [-0.2, 0) is 10.9 Å². The number of morpholine rings is 1. The summed E-state index contributed by atoms with van der Waals surface area (Å²) in [4.78, 5) is 17.5. The highest BCUT2D eigenvalue weighted by atomic mass is 19.4. The number of amides is 1. The number of nitrogens with zero attached hydrogens (tertiary/aromatic N) is 2. The molecule has 1 aromatic rings. The van der Waals surface area contributed by atoms with Gasteiger partial charge in [-0.3, -0.25) is 4.79 Å². The van der Waals surface area contributed by atoms with E-state index in [1.165, 1.54) is 13.0 Å². The van der Waals surface area contributed by atoms with Crippen LogP contribution in [0.15, 0.2) is 12.1 Å². The first-order valence-electron chi connectivity index (χ1n) is 6.68. The average Bonchev–Trinajstić information content (AvgIpc) is 2.35. The zero-order valence-electron chi connectivity index (χ0n) is 12.1. The third-order valence-corrected chi connectivity index (χ3v) is 3.31. The zero-order chi connectivity index (χ0) is 15.8. The minimum absolute atomic E-state index is 0.0848. The molecular formula is C14H17F3N2O2. The molecule has 0 aliphatic carbocycles. The Labute approximate surface area is 120 Å². The lowest BCUT2D eigenvalue weighted by Crippen LogP contribution is -2.48. The van der Waals surface area contributed by atoms with Crippen LogP contribution in [0.1, 0.15) is 35.6 Å². The quantitative estimate of drug-likeness (QED) is 0.801. The van der Waals surface area contributed by atoms with Crippen molar-refractivity contribution in [1.29, 1.82) is 0 Å². The molecule has 1 aromatic heterocycles. The van der Waals surface area contributed by atoms with Gasteiger partial charge in [0.1, 0.15) is 5.69 Å². The van der Waals surface area contributed by atoms with Gasteiger partial charge in [0.05, 0.1) is 23.5 Å². The van der Waals surface area contributed by atoms with Crippen molar-refractivity contribution in [2.24, 2.45) is 0 Å². The fourth-order valence-corrected chi connectivity index (χ4v) is 2.46. The van der Waals surface area contributed by atoms with Gasteiger partial charge >= 0.3 is 6.18 Å². The monoisotopic (exact) mass is 302 g/mol. The number of alkyl halides is 3. The van der Waals surface area contributed by atoms with Gasteiger partial charge in [0, 0.05) is 13.1 Å². The number of pyridine rings is 1. The summed E-state index contributed by atoms with van der Waals surface area (Å²) >= 11 is 0. The second-order valence-corrected chi connectivity index (χ2v) is 5.29. The van der Waals surface area contributed by atoms with Gasteiger partial charge < -0.3 is 9.64 Å². The van der Waals surface area contributed by atoms with Gasteiger partial charge in [0.25, 0.3) is 5.91 Å². The Balaban J connectivity index is 2.23. The van der Waals surface area contributed by atoms with Crippen molar-refractivity contribution in [3.63, 3.8) is 0 Å². The molecule has 0 N–H and O–H groups in total. The molecule has 0 aromatic carbocycles. The van der Waals surface area contributed by atoms with E-state index >= 15 is 0 Å². The summed E-state index contributed by atoms with van der Waals surface area (Å²) in [6.07, 6.45) is -4.70. The second kappa shape index (κ2) is 5.63. The molecule has 0 bridgehead atoms. The highest BCUT2D eigenvalue weighted by Crippen LogP contribution is 2.28. The topological polar surface area (TPSA) is 42.4 Å². The molecule has 4 nitrogen and oxygen atoms in total. The standard InChI is InChI=1S/C14H17F3N2O2/c1-8-6-19(7-9(2)21-8)13(20)11-4-5-12(14(15,16)17)18-10(11)3/h4-5,8-9H,6-7H2,1-3H3/t8-,9-/m0/s1. The number of carbonyl (C=O) groups excluding carboxylic acids is 1. The lowest BCUT2D eigenvalue weighted by Gasteiger charge is -2.35. The predicted octanol–water partition coefficient (Wildman–Crippen LogP) is 2.66. The van der Waals surface area contributed by atoms with Gasteiger partial charge in [-0.2, -0.15) is 13.2 Å². The average molecular weight is 302 g/mol. The first-order valence-corrected chi connectivity index (χ1v) is 6.68. The van der Waals surface area contributed by atoms with Crippen molar-refractivity contribution in [2.75, 3.05) is 13.1 Å². The number of rotatable bonds is 1. The van der Waals surface area contributed by atoms with Gasteiger partial charge in [0.15, 0.2) is 0 Å². The van der Waals surface area contributed by atoms with Gasteiger partial charge in [0.2, 0.25) is 0 Å². The first kappa shape index (κ1) is 15.8. The van der Waals surface area contributed by atoms with Gasteiger partial charge in [-0.1, -0.05) is 0 Å². The maximum absolute atomic E-state index is 12.6. The maximum Gasteiger partial charge on any atom is 0.433 e. The van der Waals surface area contributed by atoms with E-state index in [0.717, 1.165) is 6.07 Å². The van der Waals surface area contributed by atoms with E-state index in [0.29, 0.717) is 13.1 Å². The summed E-state index contributed by atoms with van der Waals surface area (Å²) in [6.45, 7) is 5.96. The number of aromatic nitrogens is 1. The number of hydrogen-bond acceptors (Lipinski definition) is 3. The Hall–Kier alpha value is -1.63. The summed E-state index contributed by atoms with van der Waals surface area (Å²) in [5, 5.41) is 0. The highest BCUT2D eigenvalue weighted by molar-refractivity contribution is 5.95. The fourth-order valence-electron chi connectivity index (χ4n) is 2.46. The first-order chi connectivity index (χ1) is 9.68. The van der Waals surface area contributed by atoms with E-state index in [1.54, 1.807) is 4.90 Å². The molecule has 0 radical (unpaired) electrons. The molecule has 0 saturated carbocycles. The van der Waals surface area contributed by atoms with E-state index < -0.39 is 11.9 Å². The van der Waals surface area contributed by atoms with Crippen LogP contribution in [0.4, 0.5) is 13.2 Å². The van der Waals surface area contributed by atoms with E-state index in [1.807, 2.05) is 13.8 Å². The lowest BCUT2D eigenvalue weighted by atomic mass is 10.1. The Morgan fingerprint density at radius 1 is 1.29 bits per heavy atom. The molecule has 116 valence electrons. The molecule has 0 unspecified atom stereocenters. The van der Waals surface area contributed by atoms with Gasteiger partial charge in [-0.15, -0.1) is 0 Å². The fraction of sp³-hybridized carbons (Fsp3) is 0.571. The molecule has 1 saturated heterocycles. The zero-order valence-corrected chi connectivity index (χ0v) is 12.1. The van der Waals surface area contributed by atoms with Crippen LogP contribution < -0.4 is 0 Å². The Morgan fingerprint density at radius 2 is 1.86 bits per heavy atom. The third kappa shape index (κ3) is 3.53. The largest absolute Gasteiger partial charge is 0.433 e. The molecular weight excluding hydrogens is 285 g/mol. The van der Waals surface area contributed by atoms with Crippen molar-refractivity contribution in [3.8, 4) is 0 Å². The van der Waals surface area contributed by atoms with Crippen molar-refractivity contribution in [3.05, 3.63) is 29.1 Å². The van der Waals surface area contributed by atoms with Crippen molar-refractivity contribution >= 4 is 5.91 Å². The molecule has 1 amide bonds.